The zero-order valence-corrected chi connectivity index (χ0v) is 11.5. The Bertz CT molecular complexity index is 278. The molecule has 0 spiro atoms. The van der Waals surface area contributed by atoms with E-state index in [9.17, 15) is 8.42 Å². The Kier molecular flexibility index (Phi) is 7.14. The fraction of sp³-hybridized carbons (Fsp3) is 1.00. The molecule has 0 amide bonds. The van der Waals surface area contributed by atoms with Gasteiger partial charge >= 0.3 is 0 Å². The molecule has 0 fully saturated rings. The van der Waals surface area contributed by atoms with Gasteiger partial charge in [-0.05, 0) is 12.3 Å². The maximum atomic E-state index is 11.7. The van der Waals surface area contributed by atoms with Crippen LogP contribution in [0.5, 0.6) is 0 Å². The average molecular weight is 252 g/mol. The number of ether oxygens (including phenoxy) is 1. The summed E-state index contributed by atoms with van der Waals surface area (Å²) in [5, 5.41) is 0. The van der Waals surface area contributed by atoms with E-state index in [1.165, 1.54) is 11.4 Å². The number of methoxy groups -OCH3 is 1. The maximum absolute atomic E-state index is 11.7. The first kappa shape index (κ1) is 15.8. The second-order valence-corrected chi connectivity index (χ2v) is 6.52. The van der Waals surface area contributed by atoms with E-state index >= 15 is 0 Å². The molecule has 6 heteroatoms. The standard InChI is InChI=1S/C10H24N2O3S/c1-9(2)10(11)5-6-12(3)16(13,14)8-7-15-4/h9-10H,5-8,11H2,1-4H3. The second-order valence-electron chi connectivity index (χ2n) is 4.33. The van der Waals surface area contributed by atoms with Crippen molar-refractivity contribution in [1.29, 1.82) is 0 Å². The van der Waals surface area contributed by atoms with Gasteiger partial charge in [0.05, 0.1) is 12.4 Å². The number of nitrogens with zero attached hydrogens (tertiary/aromatic N) is 1. The van der Waals surface area contributed by atoms with Crippen molar-refractivity contribution in [3.05, 3.63) is 0 Å². The molecule has 0 aliphatic carbocycles. The summed E-state index contributed by atoms with van der Waals surface area (Å²) in [6.07, 6.45) is 0.681. The number of hydrogen-bond donors (Lipinski definition) is 1. The van der Waals surface area contributed by atoms with Crippen LogP contribution in [0.4, 0.5) is 0 Å². The monoisotopic (exact) mass is 252 g/mol. The molecule has 0 aromatic carbocycles. The quantitative estimate of drug-likeness (QED) is 0.673. The Hall–Kier alpha value is -0.170. The zero-order valence-electron chi connectivity index (χ0n) is 10.6. The van der Waals surface area contributed by atoms with Gasteiger partial charge in [0.1, 0.15) is 0 Å². The van der Waals surface area contributed by atoms with Crippen molar-refractivity contribution in [2.45, 2.75) is 26.3 Å². The Morgan fingerprint density at radius 1 is 1.38 bits per heavy atom. The van der Waals surface area contributed by atoms with Gasteiger partial charge in [0.15, 0.2) is 0 Å². The predicted octanol–water partition coefficient (Wildman–Crippen LogP) is 0.268. The largest absolute Gasteiger partial charge is 0.384 e. The highest BCUT2D eigenvalue weighted by molar-refractivity contribution is 7.89. The Balaban J connectivity index is 4.10. The molecule has 0 heterocycles. The predicted molar refractivity (Wildman–Crippen MR) is 65.7 cm³/mol. The van der Waals surface area contributed by atoms with Crippen LogP contribution in [0.15, 0.2) is 0 Å². The van der Waals surface area contributed by atoms with Crippen molar-refractivity contribution in [2.24, 2.45) is 11.7 Å². The first-order chi connectivity index (χ1) is 7.31. The molecule has 1 atom stereocenters. The third-order valence-corrected chi connectivity index (χ3v) is 4.47. The Morgan fingerprint density at radius 3 is 2.38 bits per heavy atom. The van der Waals surface area contributed by atoms with Gasteiger partial charge in [-0.15, -0.1) is 0 Å². The van der Waals surface area contributed by atoms with E-state index in [2.05, 4.69) is 0 Å². The van der Waals surface area contributed by atoms with Crippen molar-refractivity contribution in [1.82, 2.24) is 4.31 Å². The highest BCUT2D eigenvalue weighted by atomic mass is 32.2. The van der Waals surface area contributed by atoms with Crippen molar-refractivity contribution in [3.63, 3.8) is 0 Å². The van der Waals surface area contributed by atoms with E-state index in [0.717, 1.165) is 0 Å². The third-order valence-electron chi connectivity index (χ3n) is 2.65. The van der Waals surface area contributed by atoms with E-state index in [0.29, 0.717) is 18.9 Å². The molecule has 0 aliphatic heterocycles. The van der Waals surface area contributed by atoms with Crippen LogP contribution in [0.1, 0.15) is 20.3 Å². The minimum absolute atomic E-state index is 0.0247. The van der Waals surface area contributed by atoms with Crippen molar-refractivity contribution in [2.75, 3.05) is 33.1 Å². The lowest BCUT2D eigenvalue weighted by Gasteiger charge is -2.21. The summed E-state index contributed by atoms with van der Waals surface area (Å²) in [6.45, 7) is 4.75. The molecule has 0 aliphatic rings. The molecule has 0 saturated carbocycles. The van der Waals surface area contributed by atoms with Gasteiger partial charge in [-0.1, -0.05) is 13.8 Å². The van der Waals surface area contributed by atoms with Crippen LogP contribution >= 0.6 is 0 Å². The lowest BCUT2D eigenvalue weighted by Crippen LogP contribution is -2.36. The highest BCUT2D eigenvalue weighted by Crippen LogP contribution is 2.06. The minimum atomic E-state index is -3.19. The lowest BCUT2D eigenvalue weighted by molar-refractivity contribution is 0.215. The van der Waals surface area contributed by atoms with E-state index in [4.69, 9.17) is 10.5 Å². The van der Waals surface area contributed by atoms with Crippen LogP contribution in [-0.2, 0) is 14.8 Å². The van der Waals surface area contributed by atoms with Gasteiger partial charge in [-0.2, -0.15) is 0 Å². The molecule has 2 N–H and O–H groups in total. The van der Waals surface area contributed by atoms with Crippen LogP contribution < -0.4 is 5.73 Å². The molecule has 98 valence electrons. The van der Waals surface area contributed by atoms with Crippen LogP contribution in [0, 0.1) is 5.92 Å². The van der Waals surface area contributed by atoms with Gasteiger partial charge in [0.2, 0.25) is 10.0 Å². The molecule has 0 rings (SSSR count). The van der Waals surface area contributed by atoms with Gasteiger partial charge in [0.25, 0.3) is 0 Å². The van der Waals surface area contributed by atoms with Gasteiger partial charge in [-0.3, -0.25) is 0 Å². The van der Waals surface area contributed by atoms with E-state index < -0.39 is 10.0 Å². The van der Waals surface area contributed by atoms with Crippen molar-refractivity contribution in [3.8, 4) is 0 Å². The molecule has 0 aromatic heterocycles. The summed E-state index contributed by atoms with van der Waals surface area (Å²) in [5.41, 5.74) is 5.86. The molecular weight excluding hydrogens is 228 g/mol. The minimum Gasteiger partial charge on any atom is -0.384 e. The molecule has 0 saturated heterocycles. The summed E-state index contributed by atoms with van der Waals surface area (Å²) in [5.74, 6) is 0.395. The Labute approximate surface area is 99.0 Å². The molecule has 1 unspecified atom stereocenters. The van der Waals surface area contributed by atoms with Crippen molar-refractivity contribution < 1.29 is 13.2 Å². The van der Waals surface area contributed by atoms with Crippen LogP contribution in [0.25, 0.3) is 0 Å². The fourth-order valence-corrected chi connectivity index (χ4v) is 2.22. The molecule has 0 aromatic rings. The molecule has 5 nitrogen and oxygen atoms in total. The maximum Gasteiger partial charge on any atom is 0.216 e. The van der Waals surface area contributed by atoms with E-state index in [-0.39, 0.29) is 18.4 Å². The zero-order chi connectivity index (χ0) is 12.8. The van der Waals surface area contributed by atoms with Gasteiger partial charge in [0, 0.05) is 26.7 Å². The summed E-state index contributed by atoms with van der Waals surface area (Å²) in [7, 11) is -0.119. The summed E-state index contributed by atoms with van der Waals surface area (Å²) >= 11 is 0. The van der Waals surface area contributed by atoms with Gasteiger partial charge < -0.3 is 10.5 Å². The first-order valence-electron chi connectivity index (χ1n) is 5.49. The van der Waals surface area contributed by atoms with Crippen molar-refractivity contribution >= 4 is 10.0 Å². The topological polar surface area (TPSA) is 72.6 Å². The summed E-state index contributed by atoms with van der Waals surface area (Å²) in [4.78, 5) is 0. The fourth-order valence-electron chi connectivity index (χ4n) is 1.15. The number of hydrogen-bond acceptors (Lipinski definition) is 4. The third kappa shape index (κ3) is 5.79. The molecular formula is C10H24N2O3S. The molecule has 0 radical (unpaired) electrons. The van der Waals surface area contributed by atoms with Crippen LogP contribution in [0.3, 0.4) is 0 Å². The Morgan fingerprint density at radius 2 is 1.94 bits per heavy atom. The van der Waals surface area contributed by atoms with Gasteiger partial charge in [-0.25, -0.2) is 12.7 Å². The number of sulfonamides is 1. The number of rotatable bonds is 8. The van der Waals surface area contributed by atoms with Crippen LogP contribution in [-0.4, -0.2) is 51.8 Å². The lowest BCUT2D eigenvalue weighted by atomic mass is 10.0. The summed E-state index contributed by atoms with van der Waals surface area (Å²) in [6, 6.07) is 0.0417. The number of nitrogens with two attached hydrogens (primary N) is 1. The average Bonchev–Trinajstić information content (AvgIpc) is 2.22. The smallest absolute Gasteiger partial charge is 0.216 e. The normalized spacial score (nSPS) is 14.7. The van der Waals surface area contributed by atoms with Crippen LogP contribution in [0.2, 0.25) is 0 Å². The first-order valence-corrected chi connectivity index (χ1v) is 7.10. The van der Waals surface area contributed by atoms with E-state index in [1.807, 2.05) is 13.8 Å². The highest BCUT2D eigenvalue weighted by Gasteiger charge is 2.18. The second kappa shape index (κ2) is 7.21. The molecule has 16 heavy (non-hydrogen) atoms. The SMILES string of the molecule is COCCS(=O)(=O)N(C)CCC(N)C(C)C. The summed E-state index contributed by atoms with van der Waals surface area (Å²) < 4.78 is 29.5. The van der Waals surface area contributed by atoms with E-state index in [1.54, 1.807) is 7.05 Å². The molecule has 0 bridgehead atoms.